The number of nitrogens with one attached hydrogen (secondary N) is 2. The van der Waals surface area contributed by atoms with Crippen LogP contribution in [0.15, 0.2) is 24.3 Å². The fourth-order valence-electron chi connectivity index (χ4n) is 2.49. The molecule has 1 aliphatic rings. The van der Waals surface area contributed by atoms with Crippen molar-refractivity contribution in [3.05, 3.63) is 29.8 Å². The van der Waals surface area contributed by atoms with Crippen LogP contribution in [0.4, 0.5) is 10.5 Å². The highest BCUT2D eigenvalue weighted by Crippen LogP contribution is 2.15. The lowest BCUT2D eigenvalue weighted by Crippen LogP contribution is -2.38. The second-order valence-electron chi connectivity index (χ2n) is 6.24. The summed E-state index contributed by atoms with van der Waals surface area (Å²) in [5.74, 6) is -0.661. The third kappa shape index (κ3) is 4.18. The minimum Gasteiger partial charge on any atom is -0.326 e. The van der Waals surface area contributed by atoms with Crippen LogP contribution in [0.3, 0.4) is 0 Å². The Bertz CT molecular complexity index is 667. The van der Waals surface area contributed by atoms with Crippen LogP contribution in [0.2, 0.25) is 0 Å². The highest BCUT2D eigenvalue weighted by Gasteiger charge is 2.38. The van der Waals surface area contributed by atoms with Crippen LogP contribution in [-0.4, -0.2) is 41.1 Å². The van der Waals surface area contributed by atoms with Gasteiger partial charge in [-0.15, -0.1) is 0 Å². The Morgan fingerprint density at radius 1 is 1.21 bits per heavy atom. The van der Waals surface area contributed by atoms with E-state index < -0.39 is 18.0 Å². The molecule has 24 heavy (non-hydrogen) atoms. The van der Waals surface area contributed by atoms with Crippen LogP contribution in [-0.2, 0) is 9.59 Å². The van der Waals surface area contributed by atoms with Crippen LogP contribution < -0.4 is 10.6 Å². The fourth-order valence-corrected chi connectivity index (χ4v) is 2.49. The Morgan fingerprint density at radius 2 is 1.83 bits per heavy atom. The van der Waals surface area contributed by atoms with Gasteiger partial charge in [-0.05, 0) is 43.5 Å². The number of ketones is 1. The molecule has 0 radical (unpaired) electrons. The van der Waals surface area contributed by atoms with E-state index in [2.05, 4.69) is 10.6 Å². The van der Waals surface area contributed by atoms with Gasteiger partial charge in [-0.25, -0.2) is 4.79 Å². The zero-order valence-electron chi connectivity index (χ0n) is 14.0. The summed E-state index contributed by atoms with van der Waals surface area (Å²) >= 11 is 0. The predicted molar refractivity (Wildman–Crippen MR) is 88.6 cm³/mol. The first kappa shape index (κ1) is 17.7. The number of rotatable bonds is 6. The highest BCUT2D eigenvalue weighted by atomic mass is 16.2. The number of Topliss-reactive ketones (excluding diaryl/α,β-unsaturated/α-hetero) is 1. The van der Waals surface area contributed by atoms with Crippen molar-refractivity contribution < 1.29 is 19.2 Å². The zero-order chi connectivity index (χ0) is 17.9. The van der Waals surface area contributed by atoms with Gasteiger partial charge in [-0.2, -0.15) is 0 Å². The standard InChI is InChI=1S/C17H21N3O4/c1-10(2)8-14-16(23)20(17(24)19-14)9-15(22)18-13-6-4-12(5-7-13)11(3)21/h4-7,10,14H,8-9H2,1-3H3,(H,18,22)(H,19,24)/t14-/m0/s1. The van der Waals surface area contributed by atoms with E-state index in [-0.39, 0.29) is 24.2 Å². The summed E-state index contributed by atoms with van der Waals surface area (Å²) in [7, 11) is 0. The van der Waals surface area contributed by atoms with Crippen molar-refractivity contribution in [2.75, 3.05) is 11.9 Å². The first-order valence-electron chi connectivity index (χ1n) is 7.80. The highest BCUT2D eigenvalue weighted by molar-refractivity contribution is 6.08. The quantitative estimate of drug-likeness (QED) is 0.614. The SMILES string of the molecule is CC(=O)c1ccc(NC(=O)CN2C(=O)N[C@@H](CC(C)C)C2=O)cc1. The fraction of sp³-hybridized carbons (Fsp3) is 0.412. The lowest BCUT2D eigenvalue weighted by atomic mass is 10.0. The minimum atomic E-state index is -0.569. The molecule has 7 nitrogen and oxygen atoms in total. The van der Waals surface area contributed by atoms with Crippen LogP contribution in [0, 0.1) is 5.92 Å². The van der Waals surface area contributed by atoms with E-state index in [0.29, 0.717) is 17.7 Å². The van der Waals surface area contributed by atoms with Crippen molar-refractivity contribution in [3.8, 4) is 0 Å². The monoisotopic (exact) mass is 331 g/mol. The van der Waals surface area contributed by atoms with Gasteiger partial charge < -0.3 is 10.6 Å². The molecule has 7 heteroatoms. The summed E-state index contributed by atoms with van der Waals surface area (Å²) in [4.78, 5) is 48.2. The third-order valence-corrected chi connectivity index (χ3v) is 3.69. The van der Waals surface area contributed by atoms with Crippen molar-refractivity contribution in [1.82, 2.24) is 10.2 Å². The number of carbonyl (C=O) groups is 4. The summed E-state index contributed by atoms with van der Waals surface area (Å²) in [6, 6.07) is 5.28. The number of urea groups is 1. The van der Waals surface area contributed by atoms with E-state index in [0.717, 1.165) is 4.90 Å². The van der Waals surface area contributed by atoms with E-state index in [9.17, 15) is 19.2 Å². The van der Waals surface area contributed by atoms with Crippen molar-refractivity contribution in [2.24, 2.45) is 5.92 Å². The van der Waals surface area contributed by atoms with Crippen molar-refractivity contribution >= 4 is 29.3 Å². The topological polar surface area (TPSA) is 95.6 Å². The normalized spacial score (nSPS) is 17.2. The molecule has 1 aromatic carbocycles. The number of amides is 4. The molecule has 1 saturated heterocycles. The van der Waals surface area contributed by atoms with Crippen molar-refractivity contribution in [1.29, 1.82) is 0 Å². The number of anilines is 1. The second-order valence-corrected chi connectivity index (χ2v) is 6.24. The molecular weight excluding hydrogens is 310 g/mol. The average molecular weight is 331 g/mol. The van der Waals surface area contributed by atoms with Gasteiger partial charge in [0.15, 0.2) is 5.78 Å². The van der Waals surface area contributed by atoms with Gasteiger partial charge in [0.05, 0.1) is 0 Å². The summed E-state index contributed by atoms with van der Waals surface area (Å²) in [6.45, 7) is 5.03. The second kappa shape index (κ2) is 7.25. The van der Waals surface area contributed by atoms with Crippen LogP contribution >= 0.6 is 0 Å². The maximum atomic E-state index is 12.2. The summed E-state index contributed by atoms with van der Waals surface area (Å²) in [5.41, 5.74) is 1.04. The average Bonchev–Trinajstić information content (AvgIpc) is 2.74. The van der Waals surface area contributed by atoms with Crippen LogP contribution in [0.5, 0.6) is 0 Å². The Balaban J connectivity index is 1.95. The molecule has 0 aromatic heterocycles. The van der Waals surface area contributed by atoms with Gasteiger partial charge in [-0.1, -0.05) is 13.8 Å². The lowest BCUT2D eigenvalue weighted by molar-refractivity contribution is -0.131. The lowest BCUT2D eigenvalue weighted by Gasteiger charge is -2.14. The van der Waals surface area contributed by atoms with Gasteiger partial charge in [0.1, 0.15) is 12.6 Å². The first-order valence-corrected chi connectivity index (χ1v) is 7.80. The number of nitrogens with zero attached hydrogens (tertiary/aromatic N) is 1. The molecule has 1 aliphatic heterocycles. The van der Waals surface area contributed by atoms with E-state index in [1.165, 1.54) is 6.92 Å². The van der Waals surface area contributed by atoms with Gasteiger partial charge in [0.2, 0.25) is 5.91 Å². The maximum absolute atomic E-state index is 12.2. The van der Waals surface area contributed by atoms with Gasteiger partial charge in [0.25, 0.3) is 5.91 Å². The number of carbonyl (C=O) groups excluding carboxylic acids is 4. The summed E-state index contributed by atoms with van der Waals surface area (Å²) < 4.78 is 0. The molecule has 2 N–H and O–H groups in total. The predicted octanol–water partition coefficient (Wildman–Crippen LogP) is 1.79. The number of hydrogen-bond donors (Lipinski definition) is 2. The van der Waals surface area contributed by atoms with E-state index >= 15 is 0 Å². The molecule has 0 spiro atoms. The van der Waals surface area contributed by atoms with E-state index in [1.54, 1.807) is 24.3 Å². The Morgan fingerprint density at radius 3 is 2.38 bits per heavy atom. The summed E-state index contributed by atoms with van der Waals surface area (Å²) in [6.07, 6.45) is 0.537. The largest absolute Gasteiger partial charge is 0.326 e. The number of benzene rings is 1. The Kier molecular flexibility index (Phi) is 5.33. The number of hydrogen-bond acceptors (Lipinski definition) is 4. The molecule has 0 unspecified atom stereocenters. The molecule has 0 aliphatic carbocycles. The van der Waals surface area contributed by atoms with Gasteiger partial charge >= 0.3 is 6.03 Å². The number of imide groups is 1. The Labute approximate surface area is 140 Å². The van der Waals surface area contributed by atoms with Crippen molar-refractivity contribution in [3.63, 3.8) is 0 Å². The van der Waals surface area contributed by atoms with Crippen LogP contribution in [0.1, 0.15) is 37.6 Å². The summed E-state index contributed by atoms with van der Waals surface area (Å²) in [5, 5.41) is 5.20. The Hall–Kier alpha value is -2.70. The zero-order valence-corrected chi connectivity index (χ0v) is 14.0. The van der Waals surface area contributed by atoms with Gasteiger partial charge in [0, 0.05) is 11.3 Å². The minimum absolute atomic E-state index is 0.0663. The van der Waals surface area contributed by atoms with E-state index in [4.69, 9.17) is 0 Å². The van der Waals surface area contributed by atoms with Gasteiger partial charge in [-0.3, -0.25) is 19.3 Å². The molecule has 128 valence electrons. The molecule has 1 fully saturated rings. The molecule has 2 rings (SSSR count). The maximum Gasteiger partial charge on any atom is 0.325 e. The molecule has 1 atom stereocenters. The van der Waals surface area contributed by atoms with Crippen LogP contribution in [0.25, 0.3) is 0 Å². The molecule has 0 bridgehead atoms. The molecule has 1 heterocycles. The molecule has 4 amide bonds. The molecule has 0 saturated carbocycles. The van der Waals surface area contributed by atoms with E-state index in [1.807, 2.05) is 13.8 Å². The van der Waals surface area contributed by atoms with Crippen molar-refractivity contribution in [2.45, 2.75) is 33.2 Å². The third-order valence-electron chi connectivity index (χ3n) is 3.69. The first-order chi connectivity index (χ1) is 11.3. The molecule has 1 aromatic rings. The molecular formula is C17H21N3O4. The smallest absolute Gasteiger partial charge is 0.325 e.